The van der Waals surface area contributed by atoms with Crippen LogP contribution in [0.25, 0.3) is 0 Å². The molecule has 86 valence electrons. The topological polar surface area (TPSA) is 66.3 Å². The normalized spacial score (nSPS) is 25.8. The standard InChI is InChI=1S/C11H15N3O2/c1-8-3-5-14(10(8)11(15)16)6-9-2-4-12-7-13-9/h2,4,7-8,10H,3,5-6H2,1H3,(H,15,16). The molecule has 1 saturated heterocycles. The molecule has 2 atom stereocenters. The van der Waals surface area contributed by atoms with E-state index < -0.39 is 5.97 Å². The molecule has 5 nitrogen and oxygen atoms in total. The first-order chi connectivity index (χ1) is 7.68. The van der Waals surface area contributed by atoms with Gasteiger partial charge in [0.05, 0.1) is 5.69 Å². The molecule has 16 heavy (non-hydrogen) atoms. The predicted octanol–water partition coefficient (Wildman–Crippen LogP) is 0.772. The molecule has 1 aromatic heterocycles. The molecular weight excluding hydrogens is 206 g/mol. The molecule has 1 N–H and O–H groups in total. The first-order valence-electron chi connectivity index (χ1n) is 5.40. The van der Waals surface area contributed by atoms with E-state index in [4.69, 9.17) is 5.11 Å². The molecule has 2 rings (SSSR count). The average Bonchev–Trinajstić information content (AvgIpc) is 2.61. The third kappa shape index (κ3) is 2.19. The summed E-state index contributed by atoms with van der Waals surface area (Å²) in [5, 5.41) is 9.16. The number of rotatable bonds is 3. The summed E-state index contributed by atoms with van der Waals surface area (Å²) in [5.41, 5.74) is 0.871. The molecule has 2 heterocycles. The Bertz CT molecular complexity index is 369. The molecule has 0 aromatic carbocycles. The van der Waals surface area contributed by atoms with Crippen molar-refractivity contribution < 1.29 is 9.90 Å². The summed E-state index contributed by atoms with van der Waals surface area (Å²) in [4.78, 5) is 21.1. The van der Waals surface area contributed by atoms with Gasteiger partial charge in [-0.15, -0.1) is 0 Å². The average molecular weight is 221 g/mol. The smallest absolute Gasteiger partial charge is 0.321 e. The van der Waals surface area contributed by atoms with Gasteiger partial charge in [0.25, 0.3) is 0 Å². The number of nitrogens with zero attached hydrogens (tertiary/aromatic N) is 3. The Kier molecular flexibility index (Phi) is 3.14. The maximum absolute atomic E-state index is 11.1. The minimum absolute atomic E-state index is 0.208. The molecule has 0 spiro atoms. The zero-order chi connectivity index (χ0) is 11.5. The minimum atomic E-state index is -0.737. The highest BCUT2D eigenvalue weighted by Crippen LogP contribution is 2.25. The van der Waals surface area contributed by atoms with E-state index in [1.54, 1.807) is 6.20 Å². The summed E-state index contributed by atoms with van der Waals surface area (Å²) < 4.78 is 0. The zero-order valence-electron chi connectivity index (χ0n) is 9.21. The van der Waals surface area contributed by atoms with Gasteiger partial charge in [0.2, 0.25) is 0 Å². The van der Waals surface area contributed by atoms with Crippen LogP contribution in [-0.4, -0.2) is 38.5 Å². The number of hydrogen-bond donors (Lipinski definition) is 1. The number of hydrogen-bond acceptors (Lipinski definition) is 4. The second-order valence-electron chi connectivity index (χ2n) is 4.22. The van der Waals surface area contributed by atoms with Gasteiger partial charge in [0.1, 0.15) is 12.4 Å². The number of aliphatic carboxylic acids is 1. The van der Waals surface area contributed by atoms with Gasteiger partial charge in [-0.3, -0.25) is 9.69 Å². The zero-order valence-corrected chi connectivity index (χ0v) is 9.21. The number of likely N-dealkylation sites (tertiary alicyclic amines) is 1. The molecular formula is C11H15N3O2. The van der Waals surface area contributed by atoms with Gasteiger partial charge in [0, 0.05) is 12.7 Å². The van der Waals surface area contributed by atoms with E-state index in [9.17, 15) is 4.79 Å². The first-order valence-corrected chi connectivity index (χ1v) is 5.40. The molecule has 0 saturated carbocycles. The third-order valence-corrected chi connectivity index (χ3v) is 3.07. The van der Waals surface area contributed by atoms with Crippen LogP contribution in [0.15, 0.2) is 18.6 Å². The van der Waals surface area contributed by atoms with Crippen molar-refractivity contribution in [2.24, 2.45) is 5.92 Å². The number of carboxylic acids is 1. The maximum atomic E-state index is 11.1. The van der Waals surface area contributed by atoms with Crippen molar-refractivity contribution in [2.75, 3.05) is 6.54 Å². The van der Waals surface area contributed by atoms with Crippen molar-refractivity contribution in [1.82, 2.24) is 14.9 Å². The third-order valence-electron chi connectivity index (χ3n) is 3.07. The fourth-order valence-electron chi connectivity index (χ4n) is 2.22. The molecule has 2 unspecified atom stereocenters. The van der Waals surface area contributed by atoms with E-state index in [1.165, 1.54) is 6.33 Å². The molecule has 1 aromatic rings. The van der Waals surface area contributed by atoms with E-state index in [-0.39, 0.29) is 12.0 Å². The summed E-state index contributed by atoms with van der Waals surface area (Å²) in [6.45, 7) is 3.39. The van der Waals surface area contributed by atoms with E-state index in [1.807, 2.05) is 17.9 Å². The van der Waals surface area contributed by atoms with Crippen LogP contribution in [-0.2, 0) is 11.3 Å². The summed E-state index contributed by atoms with van der Waals surface area (Å²) in [6.07, 6.45) is 4.10. The fraction of sp³-hybridized carbons (Fsp3) is 0.545. The molecule has 0 aliphatic carbocycles. The molecule has 1 fully saturated rings. The van der Waals surface area contributed by atoms with Crippen LogP contribution in [0.5, 0.6) is 0 Å². The first kappa shape index (κ1) is 11.0. The number of carboxylic acid groups (broad SMARTS) is 1. The van der Waals surface area contributed by atoms with Gasteiger partial charge in [-0.25, -0.2) is 9.97 Å². The van der Waals surface area contributed by atoms with Gasteiger partial charge >= 0.3 is 5.97 Å². The van der Waals surface area contributed by atoms with Gasteiger partial charge < -0.3 is 5.11 Å². The minimum Gasteiger partial charge on any atom is -0.480 e. The highest BCUT2D eigenvalue weighted by molar-refractivity contribution is 5.74. The highest BCUT2D eigenvalue weighted by atomic mass is 16.4. The Hall–Kier alpha value is -1.49. The Morgan fingerprint density at radius 1 is 1.69 bits per heavy atom. The maximum Gasteiger partial charge on any atom is 0.321 e. The van der Waals surface area contributed by atoms with Crippen LogP contribution in [0.4, 0.5) is 0 Å². The summed E-state index contributed by atoms with van der Waals surface area (Å²) in [5.74, 6) is -0.529. The second-order valence-corrected chi connectivity index (χ2v) is 4.22. The van der Waals surface area contributed by atoms with E-state index in [2.05, 4.69) is 9.97 Å². The van der Waals surface area contributed by atoms with Crippen LogP contribution in [0.2, 0.25) is 0 Å². The van der Waals surface area contributed by atoms with Crippen LogP contribution in [0.3, 0.4) is 0 Å². The van der Waals surface area contributed by atoms with Gasteiger partial charge in [-0.05, 0) is 24.9 Å². The van der Waals surface area contributed by atoms with E-state index in [0.717, 1.165) is 18.7 Å². The van der Waals surface area contributed by atoms with Crippen molar-refractivity contribution in [2.45, 2.75) is 25.9 Å². The Labute approximate surface area is 94.1 Å². The van der Waals surface area contributed by atoms with Crippen molar-refractivity contribution in [3.63, 3.8) is 0 Å². The molecule has 0 radical (unpaired) electrons. The van der Waals surface area contributed by atoms with E-state index in [0.29, 0.717) is 6.54 Å². The molecule has 1 aliphatic rings. The highest BCUT2D eigenvalue weighted by Gasteiger charge is 2.36. The lowest BCUT2D eigenvalue weighted by molar-refractivity contribution is -0.143. The van der Waals surface area contributed by atoms with Crippen molar-refractivity contribution in [1.29, 1.82) is 0 Å². The monoisotopic (exact) mass is 221 g/mol. The fourth-order valence-corrected chi connectivity index (χ4v) is 2.22. The molecule has 0 bridgehead atoms. The Morgan fingerprint density at radius 3 is 3.12 bits per heavy atom. The van der Waals surface area contributed by atoms with Crippen LogP contribution < -0.4 is 0 Å². The lowest BCUT2D eigenvalue weighted by Gasteiger charge is -2.22. The summed E-state index contributed by atoms with van der Waals surface area (Å²) >= 11 is 0. The molecule has 1 aliphatic heterocycles. The number of aromatic nitrogens is 2. The van der Waals surface area contributed by atoms with Crippen molar-refractivity contribution >= 4 is 5.97 Å². The van der Waals surface area contributed by atoms with Crippen molar-refractivity contribution in [3.8, 4) is 0 Å². The predicted molar refractivity (Wildman–Crippen MR) is 57.6 cm³/mol. The Balaban J connectivity index is 2.07. The molecule has 0 amide bonds. The van der Waals surface area contributed by atoms with Crippen molar-refractivity contribution in [3.05, 3.63) is 24.3 Å². The van der Waals surface area contributed by atoms with Crippen LogP contribution in [0.1, 0.15) is 19.0 Å². The Morgan fingerprint density at radius 2 is 2.50 bits per heavy atom. The SMILES string of the molecule is CC1CCN(Cc2ccncn2)C1C(=O)O. The van der Waals surface area contributed by atoms with Crippen LogP contribution >= 0.6 is 0 Å². The van der Waals surface area contributed by atoms with E-state index >= 15 is 0 Å². The van der Waals surface area contributed by atoms with Crippen LogP contribution in [0, 0.1) is 5.92 Å². The lowest BCUT2D eigenvalue weighted by atomic mass is 10.0. The summed E-state index contributed by atoms with van der Waals surface area (Å²) in [6, 6.07) is 1.44. The number of carbonyl (C=O) groups is 1. The van der Waals surface area contributed by atoms with Gasteiger partial charge in [-0.2, -0.15) is 0 Å². The van der Waals surface area contributed by atoms with Gasteiger partial charge in [-0.1, -0.05) is 6.92 Å². The largest absolute Gasteiger partial charge is 0.480 e. The second kappa shape index (κ2) is 4.57. The van der Waals surface area contributed by atoms with Gasteiger partial charge in [0.15, 0.2) is 0 Å². The quantitative estimate of drug-likeness (QED) is 0.816. The lowest BCUT2D eigenvalue weighted by Crippen LogP contribution is -2.38. The summed E-state index contributed by atoms with van der Waals surface area (Å²) in [7, 11) is 0. The molecule has 5 heteroatoms.